The van der Waals surface area contributed by atoms with Gasteiger partial charge in [-0.15, -0.1) is 0 Å². The molecule has 0 saturated heterocycles. The molecule has 8 nitrogen and oxygen atoms in total. The van der Waals surface area contributed by atoms with E-state index in [0.29, 0.717) is 103 Å². The lowest BCUT2D eigenvalue weighted by Gasteiger charge is -2.31. The summed E-state index contributed by atoms with van der Waals surface area (Å²) in [6, 6.07) is 0. The first-order chi connectivity index (χ1) is 20.2. The minimum absolute atomic E-state index is 0.305. The fourth-order valence-electron chi connectivity index (χ4n) is 10.5. The summed E-state index contributed by atoms with van der Waals surface area (Å²) >= 11 is 0. The fourth-order valence-corrected chi connectivity index (χ4v) is 10.5. The molecule has 8 heteroatoms. The SMILES string of the molecule is C=CC(=O)OCC1C[C@@H]2C3CC(CC3COC(=O)CC(=O)OCC3C[C@@H]4C5CC(CC5COC(=O)C(=C)C)[C@@H]4C3)[C@@H]2C1. The van der Waals surface area contributed by atoms with Crippen molar-refractivity contribution in [1.82, 2.24) is 0 Å². The molecule has 0 aliphatic heterocycles. The van der Waals surface area contributed by atoms with E-state index >= 15 is 0 Å². The highest BCUT2D eigenvalue weighted by Crippen LogP contribution is 2.63. The van der Waals surface area contributed by atoms with Crippen molar-refractivity contribution in [2.24, 2.45) is 71.0 Å². The van der Waals surface area contributed by atoms with Crippen molar-refractivity contribution < 1.29 is 38.1 Å². The van der Waals surface area contributed by atoms with Crippen LogP contribution in [0.4, 0.5) is 0 Å². The van der Waals surface area contributed by atoms with E-state index in [1.54, 1.807) is 6.92 Å². The third-order valence-electron chi connectivity index (χ3n) is 12.0. The molecule has 8 unspecified atom stereocenters. The van der Waals surface area contributed by atoms with Gasteiger partial charge in [0.2, 0.25) is 0 Å². The summed E-state index contributed by atoms with van der Waals surface area (Å²) < 4.78 is 21.9. The summed E-state index contributed by atoms with van der Waals surface area (Å²) in [6.07, 6.45) is 9.80. The Bertz CT molecular complexity index is 1110. The predicted octanol–water partition coefficient (Wildman–Crippen LogP) is 4.91. The van der Waals surface area contributed by atoms with Crippen LogP contribution in [0, 0.1) is 71.0 Å². The molecule has 0 heterocycles. The zero-order valence-corrected chi connectivity index (χ0v) is 24.9. The summed E-state index contributed by atoms with van der Waals surface area (Å²) in [4.78, 5) is 48.2. The van der Waals surface area contributed by atoms with Gasteiger partial charge in [-0.2, -0.15) is 0 Å². The Kier molecular flexibility index (Phi) is 8.52. The van der Waals surface area contributed by atoms with E-state index in [9.17, 15) is 19.2 Å². The molecule has 6 saturated carbocycles. The quantitative estimate of drug-likeness (QED) is 0.138. The van der Waals surface area contributed by atoms with Gasteiger partial charge >= 0.3 is 23.9 Å². The lowest BCUT2D eigenvalue weighted by atomic mass is 9.76. The number of esters is 4. The van der Waals surface area contributed by atoms with Crippen LogP contribution in [-0.4, -0.2) is 50.3 Å². The van der Waals surface area contributed by atoms with Crippen molar-refractivity contribution in [3.05, 3.63) is 24.8 Å². The smallest absolute Gasteiger partial charge is 0.333 e. The summed E-state index contributed by atoms with van der Waals surface area (Å²) in [5, 5.41) is 0. The van der Waals surface area contributed by atoms with Crippen molar-refractivity contribution in [1.29, 1.82) is 0 Å². The summed E-state index contributed by atoms with van der Waals surface area (Å²) in [7, 11) is 0. The fraction of sp³-hybridized carbons (Fsp3) is 0.765. The van der Waals surface area contributed by atoms with Crippen LogP contribution in [0.2, 0.25) is 0 Å². The molecular weight excluding hydrogens is 536 g/mol. The summed E-state index contributed by atoms with van der Waals surface area (Å²) in [6.45, 7) is 10.5. The highest BCUT2D eigenvalue weighted by molar-refractivity contribution is 5.91. The van der Waals surface area contributed by atoms with Crippen molar-refractivity contribution in [3.8, 4) is 0 Å². The number of carbonyl (C=O) groups excluding carboxylic acids is 4. The largest absolute Gasteiger partial charge is 0.465 e. The molecule has 6 aliphatic rings. The number of rotatable bonds is 12. The van der Waals surface area contributed by atoms with Crippen LogP contribution in [0.3, 0.4) is 0 Å². The molecule has 12 atom stereocenters. The molecule has 0 aromatic heterocycles. The zero-order chi connectivity index (χ0) is 29.5. The average molecular weight is 583 g/mol. The van der Waals surface area contributed by atoms with E-state index in [1.807, 2.05) is 0 Å². The van der Waals surface area contributed by atoms with Crippen molar-refractivity contribution in [2.45, 2.75) is 64.7 Å². The average Bonchev–Trinajstić information content (AvgIpc) is 3.79. The van der Waals surface area contributed by atoms with Gasteiger partial charge in [-0.25, -0.2) is 9.59 Å². The molecule has 4 bridgehead atoms. The molecule has 6 aliphatic carbocycles. The highest BCUT2D eigenvalue weighted by Gasteiger charge is 2.57. The van der Waals surface area contributed by atoms with Gasteiger partial charge in [-0.1, -0.05) is 13.2 Å². The molecule has 0 spiro atoms. The minimum Gasteiger partial charge on any atom is -0.465 e. The molecule has 0 amide bonds. The third kappa shape index (κ3) is 5.92. The maximum atomic E-state index is 12.5. The molecule has 0 radical (unpaired) electrons. The molecule has 6 rings (SSSR count). The Morgan fingerprint density at radius 1 is 0.619 bits per heavy atom. The highest BCUT2D eigenvalue weighted by atomic mass is 16.6. The molecule has 0 aromatic carbocycles. The van der Waals surface area contributed by atoms with Gasteiger partial charge < -0.3 is 18.9 Å². The molecular formula is C34H46O8. The number of hydrogen-bond donors (Lipinski definition) is 0. The zero-order valence-electron chi connectivity index (χ0n) is 24.9. The van der Waals surface area contributed by atoms with Gasteiger partial charge in [0.25, 0.3) is 0 Å². The van der Waals surface area contributed by atoms with Crippen LogP contribution in [0.5, 0.6) is 0 Å². The first kappa shape index (κ1) is 29.4. The van der Waals surface area contributed by atoms with Gasteiger partial charge in [-0.3, -0.25) is 9.59 Å². The van der Waals surface area contributed by atoms with E-state index < -0.39 is 11.9 Å². The van der Waals surface area contributed by atoms with E-state index in [2.05, 4.69) is 13.2 Å². The van der Waals surface area contributed by atoms with Gasteiger partial charge in [-0.05, 0) is 129 Å². The van der Waals surface area contributed by atoms with Crippen LogP contribution < -0.4 is 0 Å². The second kappa shape index (κ2) is 12.2. The minimum atomic E-state index is -0.495. The monoisotopic (exact) mass is 582 g/mol. The first-order valence-corrected chi connectivity index (χ1v) is 16.1. The maximum absolute atomic E-state index is 12.5. The van der Waals surface area contributed by atoms with Crippen molar-refractivity contribution in [2.75, 3.05) is 26.4 Å². The van der Waals surface area contributed by atoms with Crippen molar-refractivity contribution >= 4 is 23.9 Å². The number of ether oxygens (including phenoxy) is 4. The van der Waals surface area contributed by atoms with Gasteiger partial charge in [0, 0.05) is 11.6 Å². The Morgan fingerprint density at radius 2 is 1.10 bits per heavy atom. The lowest BCUT2D eigenvalue weighted by Crippen LogP contribution is -2.28. The first-order valence-electron chi connectivity index (χ1n) is 16.1. The van der Waals surface area contributed by atoms with Gasteiger partial charge in [0.05, 0.1) is 26.4 Å². The van der Waals surface area contributed by atoms with Gasteiger partial charge in [0.15, 0.2) is 0 Å². The van der Waals surface area contributed by atoms with E-state index in [1.165, 1.54) is 18.9 Å². The predicted molar refractivity (Wildman–Crippen MR) is 152 cm³/mol. The topological polar surface area (TPSA) is 105 Å². The second-order valence-electron chi connectivity index (χ2n) is 14.4. The molecule has 230 valence electrons. The summed E-state index contributed by atoms with van der Waals surface area (Å²) in [5.41, 5.74) is 0.440. The molecule has 0 aromatic rings. The van der Waals surface area contributed by atoms with Gasteiger partial charge in [0.1, 0.15) is 6.42 Å². The number of fused-ring (bicyclic) bond motifs is 10. The van der Waals surface area contributed by atoms with Crippen LogP contribution in [-0.2, 0) is 38.1 Å². The normalized spacial score (nSPS) is 40.3. The standard InChI is InChI=1S/C34H46O8/c1-4-31(35)39-14-19-5-25-21-9-23(27(11-21)29(25)7-19)16-41-33(37)13-32(36)40-15-20-6-26-22-10-24(17-42-34(38)18(2)3)28(12-22)30(26)8-20/h4,19-30H,1-2,5-17H2,3H3/t19?,20?,21?,22?,23?,24?,25-,26-,27?,28?,29-,30-/m0/s1. The van der Waals surface area contributed by atoms with E-state index in [-0.39, 0.29) is 18.4 Å². The Labute approximate surface area is 248 Å². The molecule has 42 heavy (non-hydrogen) atoms. The lowest BCUT2D eigenvalue weighted by molar-refractivity contribution is -0.156. The Morgan fingerprint density at radius 3 is 1.62 bits per heavy atom. The Hall–Kier alpha value is -2.64. The number of carbonyl (C=O) groups is 4. The van der Waals surface area contributed by atoms with Crippen molar-refractivity contribution in [3.63, 3.8) is 0 Å². The van der Waals surface area contributed by atoms with E-state index in [0.717, 1.165) is 38.5 Å². The second-order valence-corrected chi connectivity index (χ2v) is 14.4. The third-order valence-corrected chi connectivity index (χ3v) is 12.0. The van der Waals surface area contributed by atoms with Crippen LogP contribution in [0.25, 0.3) is 0 Å². The maximum Gasteiger partial charge on any atom is 0.333 e. The van der Waals surface area contributed by atoms with Crippen LogP contribution in [0.1, 0.15) is 64.7 Å². The molecule has 0 N–H and O–H groups in total. The van der Waals surface area contributed by atoms with Crippen LogP contribution >= 0.6 is 0 Å². The molecule has 6 fully saturated rings. The summed E-state index contributed by atoms with van der Waals surface area (Å²) in [5.74, 6) is 4.95. The Balaban J connectivity index is 0.877. The number of hydrogen-bond acceptors (Lipinski definition) is 8. The van der Waals surface area contributed by atoms with Crippen LogP contribution in [0.15, 0.2) is 24.8 Å². The van der Waals surface area contributed by atoms with E-state index in [4.69, 9.17) is 18.9 Å².